The molecule has 2 amide bonds. The summed E-state index contributed by atoms with van der Waals surface area (Å²) >= 11 is 5.94. The van der Waals surface area contributed by atoms with Gasteiger partial charge >= 0.3 is 12.4 Å². The predicted octanol–water partition coefficient (Wildman–Crippen LogP) is 4.45. The fraction of sp³-hybridized carbons (Fsp3) is 0.381. The Morgan fingerprint density at radius 1 is 0.971 bits per heavy atom. The molecule has 0 saturated carbocycles. The largest absolute Gasteiger partial charge is 0.417 e. The van der Waals surface area contributed by atoms with Crippen LogP contribution in [0.2, 0.25) is 5.02 Å². The number of hydrogen-bond acceptors (Lipinski definition) is 4. The predicted molar refractivity (Wildman–Crippen MR) is 109 cm³/mol. The van der Waals surface area contributed by atoms with Crippen molar-refractivity contribution < 1.29 is 35.9 Å². The van der Waals surface area contributed by atoms with Gasteiger partial charge in [-0.2, -0.15) is 26.3 Å². The van der Waals surface area contributed by atoms with E-state index in [1.807, 2.05) is 4.90 Å². The van der Waals surface area contributed by atoms with Gasteiger partial charge in [-0.05, 0) is 56.3 Å². The third kappa shape index (κ3) is 6.60. The second-order valence-electron chi connectivity index (χ2n) is 7.72. The first-order chi connectivity index (χ1) is 15.8. The number of piperidine rings is 1. The van der Waals surface area contributed by atoms with E-state index in [1.165, 1.54) is 0 Å². The van der Waals surface area contributed by atoms with Crippen LogP contribution in [0.15, 0.2) is 36.5 Å². The van der Waals surface area contributed by atoms with Crippen LogP contribution >= 0.6 is 11.6 Å². The van der Waals surface area contributed by atoms with Crippen molar-refractivity contribution in [1.29, 1.82) is 0 Å². The molecule has 1 aromatic carbocycles. The summed E-state index contributed by atoms with van der Waals surface area (Å²) in [4.78, 5) is 30.1. The molecule has 3 rings (SSSR count). The molecule has 0 radical (unpaired) electrons. The molecule has 0 aliphatic carbocycles. The Hall–Kier alpha value is -2.86. The van der Waals surface area contributed by atoms with Gasteiger partial charge in [0.2, 0.25) is 5.91 Å². The van der Waals surface area contributed by atoms with Gasteiger partial charge in [-0.1, -0.05) is 11.6 Å². The topological polar surface area (TPSA) is 74.3 Å². The highest BCUT2D eigenvalue weighted by molar-refractivity contribution is 6.31. The molecule has 1 aromatic heterocycles. The van der Waals surface area contributed by atoms with E-state index in [4.69, 9.17) is 11.6 Å². The number of carbonyl (C=O) groups excluding carboxylic acids is 2. The van der Waals surface area contributed by atoms with Crippen LogP contribution in [-0.4, -0.2) is 34.8 Å². The minimum absolute atomic E-state index is 0.0518. The van der Waals surface area contributed by atoms with Crippen molar-refractivity contribution in [3.05, 3.63) is 63.9 Å². The Kier molecular flexibility index (Phi) is 7.71. The first-order valence-electron chi connectivity index (χ1n) is 10.1. The normalized spacial score (nSPS) is 15.7. The number of nitrogens with one attached hydrogen (secondary N) is 2. The van der Waals surface area contributed by atoms with Crippen molar-refractivity contribution in [3.63, 3.8) is 0 Å². The summed E-state index contributed by atoms with van der Waals surface area (Å²) < 4.78 is 76.0. The molecule has 13 heteroatoms. The van der Waals surface area contributed by atoms with Crippen molar-refractivity contribution in [2.75, 3.05) is 13.1 Å². The molecule has 0 bridgehead atoms. The summed E-state index contributed by atoms with van der Waals surface area (Å²) in [7, 11) is 0. The molecule has 1 aliphatic rings. The lowest BCUT2D eigenvalue weighted by Crippen LogP contribution is -2.47. The van der Waals surface area contributed by atoms with Gasteiger partial charge in [0.15, 0.2) is 0 Å². The van der Waals surface area contributed by atoms with Crippen LogP contribution in [-0.2, 0) is 23.7 Å². The molecule has 34 heavy (non-hydrogen) atoms. The number of benzene rings is 1. The zero-order chi connectivity index (χ0) is 25.1. The summed E-state index contributed by atoms with van der Waals surface area (Å²) in [6.07, 6.45) is -7.50. The number of halogens is 7. The third-order valence-electron chi connectivity index (χ3n) is 5.35. The van der Waals surface area contributed by atoms with Gasteiger partial charge in [0, 0.05) is 24.2 Å². The van der Waals surface area contributed by atoms with Crippen molar-refractivity contribution in [2.45, 2.75) is 31.7 Å². The second-order valence-corrected chi connectivity index (χ2v) is 8.13. The molecule has 0 spiro atoms. The minimum Gasteiger partial charge on any atom is -0.297 e. The molecule has 0 atom stereocenters. The van der Waals surface area contributed by atoms with Gasteiger partial charge in [-0.3, -0.25) is 30.3 Å². The van der Waals surface area contributed by atoms with E-state index in [2.05, 4.69) is 15.8 Å². The molecule has 0 unspecified atom stereocenters. The Morgan fingerprint density at radius 3 is 2.09 bits per heavy atom. The molecular formula is C21H19ClF6N4O2. The summed E-state index contributed by atoms with van der Waals surface area (Å²) in [5, 5.41) is -0.0966. The third-order valence-corrected chi connectivity index (χ3v) is 5.68. The van der Waals surface area contributed by atoms with E-state index < -0.39 is 41.2 Å². The first kappa shape index (κ1) is 25.8. The van der Waals surface area contributed by atoms with Gasteiger partial charge in [0.1, 0.15) is 0 Å². The molecule has 1 saturated heterocycles. The van der Waals surface area contributed by atoms with Crippen LogP contribution in [0.1, 0.15) is 40.0 Å². The van der Waals surface area contributed by atoms with Crippen LogP contribution in [0.25, 0.3) is 0 Å². The highest BCUT2D eigenvalue weighted by atomic mass is 35.5. The van der Waals surface area contributed by atoms with Crippen molar-refractivity contribution in [2.24, 2.45) is 5.92 Å². The SMILES string of the molecule is O=C(NNC(=O)C1CCN(Cc2ncc(C(F)(F)F)cc2Cl)CC1)c1ccc(C(F)(F)F)cc1. The number of aromatic nitrogens is 1. The lowest BCUT2D eigenvalue weighted by atomic mass is 9.96. The van der Waals surface area contributed by atoms with E-state index in [0.717, 1.165) is 36.5 Å². The number of rotatable bonds is 4. The van der Waals surface area contributed by atoms with E-state index in [-0.39, 0.29) is 17.1 Å². The van der Waals surface area contributed by atoms with Crippen molar-refractivity contribution in [3.8, 4) is 0 Å². The molecular weight excluding hydrogens is 490 g/mol. The lowest BCUT2D eigenvalue weighted by Gasteiger charge is -2.31. The molecule has 2 heterocycles. The maximum absolute atomic E-state index is 12.7. The molecule has 2 N–H and O–H groups in total. The average molecular weight is 509 g/mol. The average Bonchev–Trinajstić information content (AvgIpc) is 2.78. The Morgan fingerprint density at radius 2 is 1.56 bits per heavy atom. The van der Waals surface area contributed by atoms with Crippen LogP contribution in [0.4, 0.5) is 26.3 Å². The number of amides is 2. The van der Waals surface area contributed by atoms with Gasteiger partial charge in [-0.25, -0.2) is 0 Å². The number of likely N-dealkylation sites (tertiary alicyclic amines) is 1. The van der Waals surface area contributed by atoms with E-state index in [1.54, 1.807) is 0 Å². The fourth-order valence-corrected chi connectivity index (χ4v) is 3.63. The van der Waals surface area contributed by atoms with Crippen molar-refractivity contribution >= 4 is 23.4 Å². The highest BCUT2D eigenvalue weighted by Gasteiger charge is 2.32. The van der Waals surface area contributed by atoms with Gasteiger partial charge in [-0.15, -0.1) is 0 Å². The molecule has 1 aliphatic heterocycles. The fourth-order valence-electron chi connectivity index (χ4n) is 3.41. The molecule has 6 nitrogen and oxygen atoms in total. The number of hydrazine groups is 1. The molecule has 184 valence electrons. The summed E-state index contributed by atoms with van der Waals surface area (Å²) in [5.41, 5.74) is 2.86. The van der Waals surface area contributed by atoms with E-state index in [9.17, 15) is 35.9 Å². The second kappa shape index (κ2) is 10.2. The monoisotopic (exact) mass is 508 g/mol. The van der Waals surface area contributed by atoms with E-state index in [0.29, 0.717) is 31.6 Å². The van der Waals surface area contributed by atoms with Crippen molar-refractivity contribution in [1.82, 2.24) is 20.7 Å². The Balaban J connectivity index is 1.46. The van der Waals surface area contributed by atoms with Crippen LogP contribution < -0.4 is 10.9 Å². The lowest BCUT2D eigenvalue weighted by molar-refractivity contribution is -0.138. The van der Waals surface area contributed by atoms with Crippen LogP contribution in [0.5, 0.6) is 0 Å². The number of pyridine rings is 1. The highest BCUT2D eigenvalue weighted by Crippen LogP contribution is 2.32. The number of alkyl halides is 6. The van der Waals surface area contributed by atoms with Crippen LogP contribution in [0.3, 0.4) is 0 Å². The van der Waals surface area contributed by atoms with Gasteiger partial charge in [0.05, 0.1) is 21.8 Å². The first-order valence-corrected chi connectivity index (χ1v) is 10.4. The number of carbonyl (C=O) groups is 2. The standard InChI is InChI=1S/C21H19ClF6N4O2/c22-16-9-15(21(26,27)28)10-29-17(16)11-32-7-5-13(6-8-32)19(34)31-30-18(33)12-1-3-14(4-2-12)20(23,24)25/h1-4,9-10,13H,5-8,11H2,(H,30,33)(H,31,34). The van der Waals surface area contributed by atoms with Crippen LogP contribution in [0, 0.1) is 5.92 Å². The number of hydrogen-bond donors (Lipinski definition) is 2. The zero-order valence-electron chi connectivity index (χ0n) is 17.4. The van der Waals surface area contributed by atoms with Gasteiger partial charge < -0.3 is 0 Å². The zero-order valence-corrected chi connectivity index (χ0v) is 18.2. The Bertz CT molecular complexity index is 1040. The van der Waals surface area contributed by atoms with Gasteiger partial charge in [0.25, 0.3) is 5.91 Å². The smallest absolute Gasteiger partial charge is 0.297 e. The minimum atomic E-state index is -4.54. The number of nitrogens with zero attached hydrogens (tertiary/aromatic N) is 2. The summed E-state index contributed by atoms with van der Waals surface area (Å²) in [6.45, 7) is 1.11. The molecule has 2 aromatic rings. The maximum atomic E-state index is 12.7. The van der Waals surface area contributed by atoms with E-state index >= 15 is 0 Å². The Labute approximate surface area is 195 Å². The maximum Gasteiger partial charge on any atom is 0.417 e. The summed E-state index contributed by atoms with van der Waals surface area (Å²) in [5.74, 6) is -1.65. The molecule has 1 fully saturated rings. The summed E-state index contributed by atoms with van der Waals surface area (Å²) in [6, 6.07) is 4.37. The quantitative estimate of drug-likeness (QED) is 0.473.